The second kappa shape index (κ2) is 8.80. The van der Waals surface area contributed by atoms with Gasteiger partial charge < -0.3 is 10.6 Å². The van der Waals surface area contributed by atoms with Crippen LogP contribution in [-0.2, 0) is 11.2 Å². The van der Waals surface area contributed by atoms with E-state index in [1.807, 2.05) is 38.1 Å². The monoisotopic (exact) mass is 285 g/mol. The molecule has 0 fully saturated rings. The number of amides is 1. The molecule has 0 atom stereocenters. The van der Waals surface area contributed by atoms with Gasteiger partial charge in [-0.3, -0.25) is 4.79 Å². The number of aryl methyl sites for hydroxylation is 2. The van der Waals surface area contributed by atoms with Crippen molar-refractivity contribution in [1.82, 2.24) is 5.32 Å². The molecule has 2 N–H and O–H groups in total. The second-order valence-corrected chi connectivity index (χ2v) is 4.89. The van der Waals surface area contributed by atoms with Gasteiger partial charge in [0.15, 0.2) is 0 Å². The molecule has 0 saturated carbocycles. The number of carbonyl (C=O) groups is 1. The smallest absolute Gasteiger partial charge is 0.267 e. The van der Waals surface area contributed by atoms with Crippen LogP contribution in [0.3, 0.4) is 0 Å². The zero-order valence-electron chi connectivity index (χ0n) is 13.0. The summed E-state index contributed by atoms with van der Waals surface area (Å²) in [5, 5.41) is 15.0. The molecule has 0 saturated heterocycles. The van der Waals surface area contributed by atoms with Gasteiger partial charge in [0.05, 0.1) is 0 Å². The number of benzene rings is 1. The Morgan fingerprint density at radius 1 is 1.38 bits per heavy atom. The maximum atomic E-state index is 12.2. The van der Waals surface area contributed by atoms with Crippen LogP contribution in [0.2, 0.25) is 0 Å². The minimum atomic E-state index is -0.370. The average Bonchev–Trinajstić information content (AvgIpc) is 2.49. The Morgan fingerprint density at radius 2 is 2.14 bits per heavy atom. The highest BCUT2D eigenvalue weighted by Gasteiger charge is 2.12. The van der Waals surface area contributed by atoms with Crippen LogP contribution in [0.4, 0.5) is 5.69 Å². The van der Waals surface area contributed by atoms with Gasteiger partial charge in [0.1, 0.15) is 11.6 Å². The van der Waals surface area contributed by atoms with E-state index in [0.29, 0.717) is 0 Å². The van der Waals surface area contributed by atoms with Crippen molar-refractivity contribution in [2.24, 2.45) is 0 Å². The molecule has 1 aromatic rings. The highest BCUT2D eigenvalue weighted by Crippen LogP contribution is 2.21. The van der Waals surface area contributed by atoms with Crippen molar-refractivity contribution >= 4 is 11.6 Å². The van der Waals surface area contributed by atoms with Crippen molar-refractivity contribution in [3.8, 4) is 6.07 Å². The summed E-state index contributed by atoms with van der Waals surface area (Å²) in [6.07, 6.45) is 4.40. The zero-order chi connectivity index (χ0) is 15.7. The summed E-state index contributed by atoms with van der Waals surface area (Å²) in [6, 6.07) is 7.84. The SMILES string of the molecule is CCCCN/C=C(/C#N)C(=O)Nc1c(C)cccc1CC. The van der Waals surface area contributed by atoms with E-state index in [1.165, 1.54) is 6.20 Å². The standard InChI is InChI=1S/C17H23N3O/c1-4-6-10-19-12-15(11-18)17(21)20-16-13(3)8-7-9-14(16)5-2/h7-9,12,19H,4-6,10H2,1-3H3,(H,20,21)/b15-12-. The van der Waals surface area contributed by atoms with Crippen molar-refractivity contribution < 1.29 is 4.79 Å². The van der Waals surface area contributed by atoms with Gasteiger partial charge in [-0.1, -0.05) is 38.5 Å². The maximum Gasteiger partial charge on any atom is 0.267 e. The van der Waals surface area contributed by atoms with Gasteiger partial charge >= 0.3 is 0 Å². The van der Waals surface area contributed by atoms with Gasteiger partial charge in [-0.25, -0.2) is 0 Å². The Balaban J connectivity index is 2.82. The lowest BCUT2D eigenvalue weighted by atomic mass is 10.1. The third kappa shape index (κ3) is 4.96. The Morgan fingerprint density at radius 3 is 2.76 bits per heavy atom. The molecule has 0 unspecified atom stereocenters. The third-order valence-electron chi connectivity index (χ3n) is 3.26. The molecule has 4 heteroatoms. The molecular weight excluding hydrogens is 262 g/mol. The molecule has 1 amide bonds. The van der Waals surface area contributed by atoms with Crippen molar-refractivity contribution in [2.45, 2.75) is 40.0 Å². The Labute approximate surface area is 126 Å². The van der Waals surface area contributed by atoms with E-state index in [9.17, 15) is 4.79 Å². The minimum absolute atomic E-state index is 0.0939. The van der Waals surface area contributed by atoms with E-state index in [1.54, 1.807) is 0 Å². The van der Waals surface area contributed by atoms with Crippen LogP contribution in [0.5, 0.6) is 0 Å². The molecule has 0 radical (unpaired) electrons. The number of para-hydroxylation sites is 1. The Bertz CT molecular complexity index is 556. The third-order valence-corrected chi connectivity index (χ3v) is 3.26. The van der Waals surface area contributed by atoms with Gasteiger partial charge in [0.25, 0.3) is 5.91 Å². The molecule has 1 rings (SSSR count). The second-order valence-electron chi connectivity index (χ2n) is 4.89. The van der Waals surface area contributed by atoms with Gasteiger partial charge in [-0.05, 0) is 30.9 Å². The fourth-order valence-electron chi connectivity index (χ4n) is 1.98. The van der Waals surface area contributed by atoms with Crippen molar-refractivity contribution in [3.63, 3.8) is 0 Å². The molecule has 21 heavy (non-hydrogen) atoms. The average molecular weight is 285 g/mol. The summed E-state index contributed by atoms with van der Waals surface area (Å²) in [4.78, 5) is 12.2. The first-order valence-corrected chi connectivity index (χ1v) is 7.37. The molecule has 0 aliphatic carbocycles. The number of hydrogen-bond acceptors (Lipinski definition) is 3. The number of nitrogens with one attached hydrogen (secondary N) is 2. The Kier molecular flexibility index (Phi) is 7.03. The van der Waals surface area contributed by atoms with Crippen molar-refractivity contribution in [2.75, 3.05) is 11.9 Å². The lowest BCUT2D eigenvalue weighted by Gasteiger charge is -2.12. The lowest BCUT2D eigenvalue weighted by molar-refractivity contribution is -0.112. The van der Waals surface area contributed by atoms with Crippen LogP contribution >= 0.6 is 0 Å². The van der Waals surface area contributed by atoms with Gasteiger partial charge in [0, 0.05) is 18.4 Å². The minimum Gasteiger partial charge on any atom is -0.390 e. The van der Waals surface area contributed by atoms with E-state index in [0.717, 1.165) is 42.6 Å². The van der Waals surface area contributed by atoms with Crippen molar-refractivity contribution in [1.29, 1.82) is 5.26 Å². The van der Waals surface area contributed by atoms with Crippen LogP contribution < -0.4 is 10.6 Å². The number of nitriles is 1. The quantitative estimate of drug-likeness (QED) is 0.459. The number of nitrogens with zero attached hydrogens (tertiary/aromatic N) is 1. The molecular formula is C17H23N3O. The predicted octanol–water partition coefficient (Wildman–Crippen LogP) is 3.29. The first-order chi connectivity index (χ1) is 10.1. The Hall–Kier alpha value is -2.28. The zero-order valence-corrected chi connectivity index (χ0v) is 13.0. The first kappa shape index (κ1) is 16.8. The molecule has 0 aliphatic rings. The van der Waals surface area contributed by atoms with Gasteiger partial charge in [-0.15, -0.1) is 0 Å². The van der Waals surface area contributed by atoms with Crippen LogP contribution in [0.15, 0.2) is 30.0 Å². The molecule has 0 spiro atoms. The molecule has 0 heterocycles. The molecule has 0 aliphatic heterocycles. The fourth-order valence-corrected chi connectivity index (χ4v) is 1.98. The van der Waals surface area contributed by atoms with Crippen LogP contribution in [-0.4, -0.2) is 12.5 Å². The summed E-state index contributed by atoms with van der Waals surface area (Å²) < 4.78 is 0. The highest BCUT2D eigenvalue weighted by atomic mass is 16.1. The topological polar surface area (TPSA) is 64.9 Å². The van der Waals surface area contributed by atoms with Crippen LogP contribution in [0.25, 0.3) is 0 Å². The van der Waals surface area contributed by atoms with Crippen LogP contribution in [0.1, 0.15) is 37.8 Å². The summed E-state index contributed by atoms with van der Waals surface area (Å²) in [5.74, 6) is -0.370. The van der Waals surface area contributed by atoms with E-state index in [2.05, 4.69) is 17.6 Å². The number of hydrogen-bond donors (Lipinski definition) is 2. The van der Waals surface area contributed by atoms with Gasteiger partial charge in [-0.2, -0.15) is 5.26 Å². The largest absolute Gasteiger partial charge is 0.390 e. The van der Waals surface area contributed by atoms with E-state index in [-0.39, 0.29) is 11.5 Å². The number of rotatable bonds is 7. The summed E-state index contributed by atoms with van der Waals surface area (Å²) in [6.45, 7) is 6.84. The van der Waals surface area contributed by atoms with Crippen LogP contribution in [0, 0.1) is 18.3 Å². The molecule has 1 aromatic carbocycles. The summed E-state index contributed by atoms with van der Waals surface area (Å²) in [5.41, 5.74) is 2.97. The number of carbonyl (C=O) groups excluding carboxylic acids is 1. The van der Waals surface area contributed by atoms with E-state index >= 15 is 0 Å². The number of unbranched alkanes of at least 4 members (excludes halogenated alkanes) is 1. The van der Waals surface area contributed by atoms with Gasteiger partial charge in [0.2, 0.25) is 0 Å². The van der Waals surface area contributed by atoms with Crippen molar-refractivity contribution in [3.05, 3.63) is 41.1 Å². The fraction of sp³-hybridized carbons (Fsp3) is 0.412. The summed E-state index contributed by atoms with van der Waals surface area (Å²) >= 11 is 0. The molecule has 0 aromatic heterocycles. The summed E-state index contributed by atoms with van der Waals surface area (Å²) in [7, 11) is 0. The maximum absolute atomic E-state index is 12.2. The highest BCUT2D eigenvalue weighted by molar-refractivity contribution is 6.07. The van der Waals surface area contributed by atoms with E-state index < -0.39 is 0 Å². The lowest BCUT2D eigenvalue weighted by Crippen LogP contribution is -2.18. The van der Waals surface area contributed by atoms with E-state index in [4.69, 9.17) is 5.26 Å². The molecule has 4 nitrogen and oxygen atoms in total. The molecule has 0 bridgehead atoms. The first-order valence-electron chi connectivity index (χ1n) is 7.37. The number of anilines is 1. The molecule has 112 valence electrons. The normalized spacial score (nSPS) is 10.9. The predicted molar refractivity (Wildman–Crippen MR) is 85.8 cm³/mol.